The number of anilines is 2. The number of hydrogen-bond acceptors (Lipinski definition) is 14. The molecular formula is C51H68F3IN8O7. The molecule has 15 nitrogen and oxygen atoms in total. The van der Waals surface area contributed by atoms with Crippen molar-refractivity contribution >= 4 is 40.2 Å². The van der Waals surface area contributed by atoms with Crippen molar-refractivity contribution in [2.75, 3.05) is 88.9 Å². The zero-order valence-electron chi connectivity index (χ0n) is 40.3. The number of aromatic nitrogens is 2. The van der Waals surface area contributed by atoms with Gasteiger partial charge in [0.25, 0.3) is 0 Å². The number of alkyl halides is 3. The molecule has 3 saturated heterocycles. The second-order valence-electron chi connectivity index (χ2n) is 19.3. The number of benzene rings is 3. The number of carbonyl (C=O) groups is 1. The molecule has 3 fully saturated rings. The van der Waals surface area contributed by atoms with Gasteiger partial charge in [-0.1, -0.05) is 18.2 Å². The lowest BCUT2D eigenvalue weighted by atomic mass is 9.95. The van der Waals surface area contributed by atoms with Crippen LogP contribution in [0.1, 0.15) is 63.3 Å². The molecule has 5 N–H and O–H groups in total. The van der Waals surface area contributed by atoms with E-state index in [0.29, 0.717) is 38.2 Å². The SMILES string of the molecule is CC(C)(C)OC(=O)NCCc1ccc(Oc2ccc(OCCCCNCc3ccc(N4CCC(CN5CCN(C[C@H]6OC[C@H](Nc7cncc(C(F)(F)F)n7)[C@@H](O)[C@H]6O)CC5)CC4)cc3)cc2)c(I)c1. The molecule has 4 heterocycles. The van der Waals surface area contributed by atoms with Crippen molar-refractivity contribution in [3.05, 3.63) is 99.5 Å². The number of aliphatic hydroxyl groups is 2. The average Bonchev–Trinajstić information content (AvgIpc) is 3.33. The van der Waals surface area contributed by atoms with Gasteiger partial charge in [0, 0.05) is 71.1 Å². The average molecular weight is 1090 g/mol. The van der Waals surface area contributed by atoms with Crippen LogP contribution in [0.3, 0.4) is 0 Å². The lowest BCUT2D eigenvalue weighted by molar-refractivity contribution is -0.148. The summed E-state index contributed by atoms with van der Waals surface area (Å²) >= 11 is 2.27. The molecule has 0 bridgehead atoms. The Balaban J connectivity index is 0.709. The molecule has 3 aliphatic heterocycles. The number of rotatable bonds is 20. The van der Waals surface area contributed by atoms with Gasteiger partial charge in [-0.15, -0.1) is 0 Å². The first-order valence-corrected chi connectivity index (χ1v) is 25.4. The molecule has 4 atom stereocenters. The third-order valence-electron chi connectivity index (χ3n) is 12.7. The highest BCUT2D eigenvalue weighted by molar-refractivity contribution is 14.1. The third kappa shape index (κ3) is 16.5. The second kappa shape index (κ2) is 25.2. The molecule has 4 aromatic rings. The van der Waals surface area contributed by atoms with Crippen LogP contribution in [0.25, 0.3) is 0 Å². The molecule has 3 aromatic carbocycles. The van der Waals surface area contributed by atoms with E-state index in [1.807, 2.05) is 57.2 Å². The number of carbonyl (C=O) groups excluding carboxylic acids is 1. The first-order chi connectivity index (χ1) is 33.5. The molecule has 0 unspecified atom stereocenters. The zero-order chi connectivity index (χ0) is 49.7. The Morgan fingerprint density at radius 2 is 1.53 bits per heavy atom. The predicted octanol–water partition coefficient (Wildman–Crippen LogP) is 7.34. The monoisotopic (exact) mass is 1090 g/mol. The molecule has 7 rings (SSSR count). The Labute approximate surface area is 422 Å². The third-order valence-corrected chi connectivity index (χ3v) is 13.5. The van der Waals surface area contributed by atoms with Gasteiger partial charge in [0.1, 0.15) is 40.9 Å². The molecule has 0 radical (unpaired) electrons. The van der Waals surface area contributed by atoms with E-state index in [1.165, 1.54) is 11.3 Å². The number of piperidine rings is 1. The summed E-state index contributed by atoms with van der Waals surface area (Å²) in [4.78, 5) is 26.3. The minimum atomic E-state index is -4.64. The molecule has 1 amide bonds. The van der Waals surface area contributed by atoms with Gasteiger partial charge in [0.05, 0.1) is 41.3 Å². The Bertz CT molecular complexity index is 2240. The van der Waals surface area contributed by atoms with E-state index in [9.17, 15) is 28.2 Å². The van der Waals surface area contributed by atoms with E-state index < -0.39 is 47.9 Å². The van der Waals surface area contributed by atoms with E-state index in [2.05, 4.69) is 93.5 Å². The van der Waals surface area contributed by atoms with Crippen molar-refractivity contribution in [3.63, 3.8) is 0 Å². The maximum atomic E-state index is 13.1. The number of unbranched alkanes of at least 4 members (excludes halogenated alkanes) is 1. The van der Waals surface area contributed by atoms with Crippen LogP contribution < -0.4 is 30.3 Å². The smallest absolute Gasteiger partial charge is 0.434 e. The fourth-order valence-electron chi connectivity index (χ4n) is 8.82. The minimum absolute atomic E-state index is 0.00995. The number of ether oxygens (including phenoxy) is 4. The number of nitrogens with one attached hydrogen (secondary N) is 3. The van der Waals surface area contributed by atoms with Crippen molar-refractivity contribution in [2.24, 2.45) is 5.92 Å². The molecule has 0 aliphatic carbocycles. The summed E-state index contributed by atoms with van der Waals surface area (Å²) in [5.74, 6) is 2.80. The van der Waals surface area contributed by atoms with Gasteiger partial charge in [-0.25, -0.2) is 9.78 Å². The van der Waals surface area contributed by atoms with E-state index >= 15 is 0 Å². The number of halogens is 4. The van der Waals surface area contributed by atoms with Crippen LogP contribution in [0, 0.1) is 9.49 Å². The number of nitrogens with zero attached hydrogens (tertiary/aromatic N) is 5. The fourth-order valence-corrected chi connectivity index (χ4v) is 9.51. The summed E-state index contributed by atoms with van der Waals surface area (Å²) in [6.07, 6.45) is -1.42. The molecule has 0 spiro atoms. The maximum Gasteiger partial charge on any atom is 0.434 e. The van der Waals surface area contributed by atoms with Crippen molar-refractivity contribution in [1.29, 1.82) is 0 Å². The lowest BCUT2D eigenvalue weighted by Crippen LogP contribution is -2.59. The van der Waals surface area contributed by atoms with Crippen molar-refractivity contribution in [1.82, 2.24) is 30.4 Å². The summed E-state index contributed by atoms with van der Waals surface area (Å²) in [5, 5.41) is 30.8. The molecule has 70 heavy (non-hydrogen) atoms. The fraction of sp³-hybridized carbons (Fsp3) is 0.549. The minimum Gasteiger partial charge on any atom is -0.494 e. The van der Waals surface area contributed by atoms with E-state index in [4.69, 9.17) is 18.9 Å². The standard InChI is InChI=1S/C51H68F3IN8O7/c1-50(2,3)70-49(66)58-20-16-35-8-15-43(41(55)28-35)69-40-13-11-39(12-14-40)67-27-5-4-19-56-29-36-6-9-38(10-7-36)63-21-17-37(18-22-63)32-61-23-25-62(26-24-61)33-44-48(65)47(64)42(34-68-44)59-46-31-57-30-45(60-46)51(52,53)54/h6-15,28,30-31,37,42,44,47-48,56,64-65H,4-5,16-27,29,32-34H2,1-3H3,(H,58,66)(H,59,60)/t42-,44+,47+,48-/m0/s1. The molecule has 0 saturated carbocycles. The van der Waals surface area contributed by atoms with Crippen molar-refractivity contribution in [3.8, 4) is 17.2 Å². The highest BCUT2D eigenvalue weighted by Crippen LogP contribution is 2.31. The molecular weight excluding hydrogens is 1020 g/mol. The normalized spacial score (nSPS) is 20.8. The zero-order valence-corrected chi connectivity index (χ0v) is 42.5. The molecule has 1 aromatic heterocycles. The molecule has 382 valence electrons. The van der Waals surface area contributed by atoms with Crippen LogP contribution in [0.2, 0.25) is 0 Å². The molecule has 19 heteroatoms. The number of amides is 1. The van der Waals surface area contributed by atoms with Gasteiger partial charge in [-0.05, 0) is 148 Å². The quantitative estimate of drug-likeness (QED) is 0.0441. The molecule has 3 aliphatic rings. The summed E-state index contributed by atoms with van der Waals surface area (Å²) in [6, 6.07) is 21.8. The van der Waals surface area contributed by atoms with Crippen LogP contribution in [-0.2, 0) is 28.6 Å². The van der Waals surface area contributed by atoms with Gasteiger partial charge >= 0.3 is 12.3 Å². The van der Waals surface area contributed by atoms with Crippen LogP contribution in [0.15, 0.2) is 79.1 Å². The first kappa shape index (κ1) is 53.3. The lowest BCUT2D eigenvalue weighted by Gasteiger charge is -2.43. The van der Waals surface area contributed by atoms with Crippen molar-refractivity contribution < 1.29 is 47.1 Å². The topological polar surface area (TPSA) is 166 Å². The Hall–Kier alpha value is -4.51. The highest BCUT2D eigenvalue weighted by atomic mass is 127. The van der Waals surface area contributed by atoms with Crippen LogP contribution in [-0.4, -0.2) is 145 Å². The van der Waals surface area contributed by atoms with E-state index in [0.717, 1.165) is 117 Å². The van der Waals surface area contributed by atoms with Gasteiger partial charge in [0.2, 0.25) is 0 Å². The number of piperazine rings is 1. The van der Waals surface area contributed by atoms with Crippen LogP contribution in [0.5, 0.6) is 17.2 Å². The summed E-state index contributed by atoms with van der Waals surface area (Å²) in [6.45, 7) is 15.5. The Kier molecular flexibility index (Phi) is 19.2. The van der Waals surface area contributed by atoms with Gasteiger partial charge in [-0.3, -0.25) is 9.88 Å². The largest absolute Gasteiger partial charge is 0.494 e. The number of aliphatic hydroxyl groups excluding tert-OH is 2. The van der Waals surface area contributed by atoms with E-state index in [-0.39, 0.29) is 12.4 Å². The predicted molar refractivity (Wildman–Crippen MR) is 271 cm³/mol. The maximum absolute atomic E-state index is 13.1. The van der Waals surface area contributed by atoms with Gasteiger partial charge in [-0.2, -0.15) is 13.2 Å². The first-order valence-electron chi connectivity index (χ1n) is 24.3. The van der Waals surface area contributed by atoms with Gasteiger partial charge in [0.15, 0.2) is 5.69 Å². The van der Waals surface area contributed by atoms with Crippen molar-refractivity contribution in [2.45, 2.75) is 95.6 Å². The number of hydrogen-bond donors (Lipinski definition) is 5. The highest BCUT2D eigenvalue weighted by Gasteiger charge is 2.40. The van der Waals surface area contributed by atoms with E-state index in [1.54, 1.807) is 0 Å². The second-order valence-corrected chi connectivity index (χ2v) is 20.5. The summed E-state index contributed by atoms with van der Waals surface area (Å²) < 4.78 is 63.5. The number of alkyl carbamates (subject to hydrolysis) is 1. The summed E-state index contributed by atoms with van der Waals surface area (Å²) in [7, 11) is 0. The van der Waals surface area contributed by atoms with Crippen LogP contribution in [0.4, 0.5) is 29.5 Å². The van der Waals surface area contributed by atoms with Gasteiger partial charge < -0.3 is 54.9 Å². The summed E-state index contributed by atoms with van der Waals surface area (Å²) in [5.41, 5.74) is 1.96. The van der Waals surface area contributed by atoms with Crippen LogP contribution >= 0.6 is 22.6 Å². The Morgan fingerprint density at radius 3 is 2.21 bits per heavy atom. The Morgan fingerprint density at radius 1 is 0.843 bits per heavy atom.